The van der Waals surface area contributed by atoms with E-state index in [1.54, 1.807) is 30.3 Å². The Balaban J connectivity index is 1.73. The number of primary amides is 1. The van der Waals surface area contributed by atoms with Gasteiger partial charge in [0.1, 0.15) is 6.04 Å². The average Bonchev–Trinajstić information content (AvgIpc) is 2.70. The fraction of sp³-hybridized carbons (Fsp3) is 0.190. The smallest absolute Gasteiger partial charge is 0.251 e. The second kappa shape index (κ2) is 8.49. The number of nitrogens with one attached hydrogen (secondary N) is 1. The van der Waals surface area contributed by atoms with E-state index < -0.39 is 26.8 Å². The molecule has 0 spiro atoms. The van der Waals surface area contributed by atoms with Crippen molar-refractivity contribution in [3.8, 4) is 0 Å². The molecule has 1 amide bonds. The molecule has 1 aliphatic rings. The molecule has 0 bridgehead atoms. The Hall–Kier alpha value is -2.48. The molecule has 0 aliphatic heterocycles. The lowest BCUT2D eigenvalue weighted by Gasteiger charge is -2.25. The maximum atomic E-state index is 15.3. The van der Waals surface area contributed by atoms with Gasteiger partial charge in [-0.2, -0.15) is 0 Å². The molecule has 1 aliphatic carbocycles. The van der Waals surface area contributed by atoms with Crippen molar-refractivity contribution in [2.24, 2.45) is 11.7 Å². The number of carbonyl (C=O) groups is 1. The second-order valence-electron chi connectivity index (χ2n) is 6.67. The van der Waals surface area contributed by atoms with Crippen molar-refractivity contribution in [2.45, 2.75) is 15.9 Å². The van der Waals surface area contributed by atoms with Gasteiger partial charge in [-0.3, -0.25) is 4.79 Å². The zero-order valence-electron chi connectivity index (χ0n) is 15.3. The summed E-state index contributed by atoms with van der Waals surface area (Å²) in [6.45, 7) is 0.276. The summed E-state index contributed by atoms with van der Waals surface area (Å²) in [5.41, 5.74) is 6.19. The molecule has 0 heterocycles. The monoisotopic (exact) mass is 434 g/mol. The molecular formula is C21H20ClFN2O3S. The summed E-state index contributed by atoms with van der Waals surface area (Å²) >= 11 is 5.94. The van der Waals surface area contributed by atoms with Crippen LogP contribution in [0, 0.1) is 5.92 Å². The first kappa shape index (κ1) is 21.2. The van der Waals surface area contributed by atoms with E-state index in [1.807, 2.05) is 6.07 Å². The minimum atomic E-state index is -4.37. The molecule has 3 N–H and O–H groups in total. The topological polar surface area (TPSA) is 89.3 Å². The van der Waals surface area contributed by atoms with Gasteiger partial charge in [0.05, 0.1) is 9.92 Å². The van der Waals surface area contributed by atoms with Gasteiger partial charge in [-0.05, 0) is 29.8 Å². The highest BCUT2D eigenvalue weighted by Gasteiger charge is 2.43. The van der Waals surface area contributed by atoms with E-state index in [-0.39, 0.29) is 22.4 Å². The molecule has 0 saturated carbocycles. The van der Waals surface area contributed by atoms with E-state index in [2.05, 4.69) is 5.32 Å². The first-order valence-electron chi connectivity index (χ1n) is 8.89. The van der Waals surface area contributed by atoms with E-state index in [0.717, 1.165) is 12.2 Å². The summed E-state index contributed by atoms with van der Waals surface area (Å²) < 4.78 is 40.7. The van der Waals surface area contributed by atoms with Crippen molar-refractivity contribution >= 4 is 27.3 Å². The van der Waals surface area contributed by atoms with E-state index in [0.29, 0.717) is 5.56 Å². The zero-order chi connectivity index (χ0) is 21.1. The van der Waals surface area contributed by atoms with Crippen LogP contribution >= 0.6 is 11.6 Å². The van der Waals surface area contributed by atoms with Gasteiger partial charge in [-0.1, -0.05) is 66.2 Å². The number of benzene rings is 2. The van der Waals surface area contributed by atoms with Crippen molar-refractivity contribution in [1.82, 2.24) is 5.32 Å². The van der Waals surface area contributed by atoms with Gasteiger partial charge >= 0.3 is 0 Å². The van der Waals surface area contributed by atoms with Gasteiger partial charge in [0, 0.05) is 12.5 Å². The SMILES string of the molecule is NC(=O)[C@H](NCC1C=CC(F)(S(=O)(=O)c2ccccc2Cl)C=C1)c1ccccc1. The molecule has 0 fully saturated rings. The van der Waals surface area contributed by atoms with Crippen molar-refractivity contribution in [2.75, 3.05) is 6.54 Å². The standard InChI is InChI=1S/C21H20ClFN2O3S/c22-17-8-4-5-9-18(17)29(27,28)21(23)12-10-15(11-13-21)14-25-19(20(24)26)16-6-2-1-3-7-16/h1-13,15,19,25H,14H2,(H2,24,26)/t15?,19-,21?/m1/s1. The van der Waals surface area contributed by atoms with Gasteiger partial charge < -0.3 is 11.1 Å². The molecule has 29 heavy (non-hydrogen) atoms. The Morgan fingerprint density at radius 1 is 1.10 bits per heavy atom. The van der Waals surface area contributed by atoms with Crippen molar-refractivity contribution in [3.05, 3.63) is 89.5 Å². The number of hydrogen-bond acceptors (Lipinski definition) is 4. The minimum absolute atomic E-state index is 0.0396. The van der Waals surface area contributed by atoms with Crippen LogP contribution in [0.5, 0.6) is 0 Å². The van der Waals surface area contributed by atoms with E-state index >= 15 is 4.39 Å². The summed E-state index contributed by atoms with van der Waals surface area (Å²) in [6.07, 6.45) is 4.90. The van der Waals surface area contributed by atoms with Crippen LogP contribution in [0.4, 0.5) is 4.39 Å². The van der Waals surface area contributed by atoms with Crippen LogP contribution in [0.3, 0.4) is 0 Å². The lowest BCUT2D eigenvalue weighted by molar-refractivity contribution is -0.120. The number of alkyl halides is 1. The maximum absolute atomic E-state index is 15.3. The fourth-order valence-corrected chi connectivity index (χ4v) is 4.93. The molecular weight excluding hydrogens is 415 g/mol. The normalized spacial score (nSPS) is 22.3. The van der Waals surface area contributed by atoms with Crippen molar-refractivity contribution in [3.63, 3.8) is 0 Å². The Morgan fingerprint density at radius 3 is 2.28 bits per heavy atom. The summed E-state index contributed by atoms with van der Waals surface area (Å²) in [5, 5.41) is 0.305. The molecule has 3 rings (SSSR count). The van der Waals surface area contributed by atoms with Gasteiger partial charge in [0.25, 0.3) is 5.00 Å². The Bertz CT molecular complexity index is 1040. The zero-order valence-corrected chi connectivity index (χ0v) is 16.9. The van der Waals surface area contributed by atoms with E-state index in [4.69, 9.17) is 17.3 Å². The Morgan fingerprint density at radius 2 is 1.69 bits per heavy atom. The first-order chi connectivity index (χ1) is 13.7. The number of hydrogen-bond donors (Lipinski definition) is 2. The minimum Gasteiger partial charge on any atom is -0.368 e. The number of rotatable bonds is 7. The number of carbonyl (C=O) groups excluding carboxylic acids is 1. The molecule has 8 heteroatoms. The molecule has 5 nitrogen and oxygen atoms in total. The molecule has 1 atom stereocenters. The van der Waals surface area contributed by atoms with Gasteiger partial charge in [-0.25, -0.2) is 12.8 Å². The van der Waals surface area contributed by atoms with Crippen molar-refractivity contribution < 1.29 is 17.6 Å². The predicted molar refractivity (Wildman–Crippen MR) is 111 cm³/mol. The Kier molecular flexibility index (Phi) is 6.21. The highest BCUT2D eigenvalue weighted by atomic mass is 35.5. The largest absolute Gasteiger partial charge is 0.368 e. The Labute approximate surface area is 174 Å². The van der Waals surface area contributed by atoms with Crippen LogP contribution in [-0.2, 0) is 14.6 Å². The van der Waals surface area contributed by atoms with Crippen LogP contribution in [0.1, 0.15) is 11.6 Å². The molecule has 0 unspecified atom stereocenters. The molecule has 2 aromatic rings. The van der Waals surface area contributed by atoms with Crippen LogP contribution < -0.4 is 11.1 Å². The fourth-order valence-electron chi connectivity index (χ4n) is 3.06. The summed E-state index contributed by atoms with van der Waals surface area (Å²) in [7, 11) is -4.37. The lowest BCUT2D eigenvalue weighted by Crippen LogP contribution is -2.37. The van der Waals surface area contributed by atoms with Gasteiger partial charge in [0.2, 0.25) is 15.7 Å². The first-order valence-corrected chi connectivity index (χ1v) is 10.8. The predicted octanol–water partition coefficient (Wildman–Crippen LogP) is 3.34. The van der Waals surface area contributed by atoms with Crippen LogP contribution in [0.2, 0.25) is 5.02 Å². The van der Waals surface area contributed by atoms with Gasteiger partial charge in [0.15, 0.2) is 0 Å². The maximum Gasteiger partial charge on any atom is 0.251 e. The van der Waals surface area contributed by atoms with Crippen molar-refractivity contribution in [1.29, 1.82) is 0 Å². The molecule has 0 radical (unpaired) electrons. The van der Waals surface area contributed by atoms with E-state index in [9.17, 15) is 13.2 Å². The second-order valence-corrected chi connectivity index (χ2v) is 9.15. The van der Waals surface area contributed by atoms with Gasteiger partial charge in [-0.15, -0.1) is 0 Å². The van der Waals surface area contributed by atoms with Crippen LogP contribution in [0.25, 0.3) is 0 Å². The number of amides is 1. The third-order valence-corrected chi connectivity index (χ3v) is 7.13. The highest BCUT2D eigenvalue weighted by Crippen LogP contribution is 2.36. The molecule has 0 saturated heterocycles. The number of nitrogens with two attached hydrogens (primary N) is 1. The van der Waals surface area contributed by atoms with E-state index in [1.165, 1.54) is 30.4 Å². The number of sulfone groups is 1. The van der Waals surface area contributed by atoms with Crippen LogP contribution in [-0.4, -0.2) is 25.9 Å². The summed E-state index contributed by atoms with van der Waals surface area (Å²) in [4.78, 5) is 11.5. The lowest BCUT2D eigenvalue weighted by atomic mass is 10.0. The third-order valence-electron chi connectivity index (χ3n) is 4.65. The summed E-state index contributed by atoms with van der Waals surface area (Å²) in [5.74, 6) is -0.855. The quantitative estimate of drug-likeness (QED) is 0.654. The molecule has 152 valence electrons. The number of halogens is 2. The molecule has 0 aromatic heterocycles. The third kappa shape index (κ3) is 4.42. The summed E-state index contributed by atoms with van der Waals surface area (Å²) in [6, 6.07) is 14.0. The molecule has 2 aromatic carbocycles. The average molecular weight is 435 g/mol. The van der Waals surface area contributed by atoms with Crippen LogP contribution in [0.15, 0.2) is 83.8 Å². The highest BCUT2D eigenvalue weighted by molar-refractivity contribution is 7.93.